The lowest BCUT2D eigenvalue weighted by atomic mass is 10.1. The molecule has 2 heteroatoms. The Balaban J connectivity index is 0.000000500. The minimum Gasteiger partial charge on any atom is -0.508 e. The Morgan fingerprint density at radius 1 is 1.43 bits per heavy atom. The van der Waals surface area contributed by atoms with E-state index in [2.05, 4.69) is 23.7 Å². The van der Waals surface area contributed by atoms with Gasteiger partial charge in [0.1, 0.15) is 5.75 Å². The van der Waals surface area contributed by atoms with E-state index in [1.807, 2.05) is 18.2 Å². The Kier molecular flexibility index (Phi) is 7.94. The van der Waals surface area contributed by atoms with Gasteiger partial charge in [-0.15, -0.1) is 12.3 Å². The summed E-state index contributed by atoms with van der Waals surface area (Å²) in [6.07, 6.45) is 3.31. The monoisotopic (exact) mass is 205 g/mol. The molecule has 0 aromatic heterocycles. The van der Waals surface area contributed by atoms with E-state index in [4.69, 9.17) is 0 Å². The molecule has 0 aliphatic rings. The van der Waals surface area contributed by atoms with E-state index in [1.165, 1.54) is 6.42 Å². The lowest BCUT2D eigenvalue weighted by Crippen LogP contribution is -1.83. The first-order valence-electron chi connectivity index (χ1n) is 4.81. The number of aryl methyl sites for hydroxylation is 1. The van der Waals surface area contributed by atoms with Gasteiger partial charge in [-0.3, -0.25) is 0 Å². The molecule has 0 aliphatic carbocycles. The minimum absolute atomic E-state index is 0.431. The maximum Gasteiger partial charge on any atom is 0.118 e. The molecule has 3 radical (unpaired) electrons. The fourth-order valence-electron chi connectivity index (χ4n) is 1.09. The summed E-state index contributed by atoms with van der Waals surface area (Å²) >= 11 is 0. The Bertz CT molecular complexity index is 258. The normalized spacial score (nSPS) is 8.71. The average molecular weight is 205 g/mol. The van der Waals surface area contributed by atoms with Crippen LogP contribution < -0.4 is 0 Å². The third-order valence-corrected chi connectivity index (χ3v) is 1.79. The molecule has 0 heterocycles. The molecule has 1 rings (SSSR count). The van der Waals surface area contributed by atoms with Gasteiger partial charge in [-0.2, -0.15) is 0 Å². The number of hydrogen-bond donors (Lipinski definition) is 1. The number of hydrogen-bond acceptors (Lipinski definition) is 1. The summed E-state index contributed by atoms with van der Waals surface area (Å²) in [6, 6.07) is 7.53. The van der Waals surface area contributed by atoms with Crippen molar-refractivity contribution in [3.8, 4) is 5.75 Å². The van der Waals surface area contributed by atoms with Gasteiger partial charge in [-0.25, -0.2) is 0 Å². The number of rotatable bonds is 3. The Hall–Kier alpha value is -1.02. The predicted molar refractivity (Wildman–Crippen MR) is 62.7 cm³/mol. The molecule has 0 amide bonds. The number of phenolic OH excluding ortho intramolecular Hbond substituents is 1. The highest BCUT2D eigenvalue weighted by Crippen LogP contribution is 2.17. The van der Waals surface area contributed by atoms with Crippen LogP contribution >= 0.6 is 0 Å². The summed E-state index contributed by atoms with van der Waals surface area (Å²) in [5.74, 6) is 0.431. The van der Waals surface area contributed by atoms with E-state index in [1.54, 1.807) is 11.8 Å². The summed E-state index contributed by atoms with van der Waals surface area (Å²) in [5.41, 5.74) is 2.62. The van der Waals surface area contributed by atoms with E-state index in [0.717, 1.165) is 18.4 Å². The van der Waals surface area contributed by atoms with Crippen molar-refractivity contribution < 1.29 is 5.11 Å². The number of para-hydroxylation sites is 1. The third-order valence-electron chi connectivity index (χ3n) is 1.79. The summed E-state index contributed by atoms with van der Waals surface area (Å²) in [4.78, 5) is 0. The second-order valence-corrected chi connectivity index (χ2v) is 3.34. The molecule has 1 aromatic rings. The standard InChI is InChI=1S/C10H14O.C2H3Si/c1-2-3-6-9-7-4-5-8-10(9)11;1-2-3/h4-5,7-8,11H,2-3,6H2,1H3;2H,1H2. The highest BCUT2D eigenvalue weighted by atomic mass is 28.1. The molecule has 0 bridgehead atoms. The van der Waals surface area contributed by atoms with Crippen molar-refractivity contribution in [1.82, 2.24) is 0 Å². The van der Waals surface area contributed by atoms with Gasteiger partial charge < -0.3 is 5.11 Å². The first-order valence-corrected chi connectivity index (χ1v) is 5.39. The molecule has 1 aromatic carbocycles. The zero-order valence-electron chi connectivity index (χ0n) is 8.66. The van der Waals surface area contributed by atoms with E-state index in [-0.39, 0.29) is 0 Å². The molecular weight excluding hydrogens is 188 g/mol. The third kappa shape index (κ3) is 5.59. The second-order valence-electron chi connectivity index (χ2n) is 2.94. The van der Waals surface area contributed by atoms with Crippen LogP contribution in [0.3, 0.4) is 0 Å². The molecule has 0 fully saturated rings. The summed E-state index contributed by atoms with van der Waals surface area (Å²) < 4.78 is 0. The van der Waals surface area contributed by atoms with Gasteiger partial charge in [0, 0.05) is 0 Å². The zero-order chi connectivity index (χ0) is 10.8. The van der Waals surface area contributed by atoms with Crippen molar-refractivity contribution in [2.45, 2.75) is 26.2 Å². The summed E-state index contributed by atoms with van der Waals surface area (Å²) in [6.45, 7) is 5.43. The molecule has 0 unspecified atom stereocenters. The highest BCUT2D eigenvalue weighted by Gasteiger charge is 1.96. The first kappa shape index (κ1) is 13.0. The fraction of sp³-hybridized carbons (Fsp3) is 0.333. The van der Waals surface area contributed by atoms with Crippen LogP contribution in [0, 0.1) is 0 Å². The quantitative estimate of drug-likeness (QED) is 0.752. The van der Waals surface area contributed by atoms with Crippen LogP contribution in [0.1, 0.15) is 25.3 Å². The van der Waals surface area contributed by atoms with E-state index < -0.39 is 0 Å². The molecule has 0 saturated heterocycles. The van der Waals surface area contributed by atoms with Crippen molar-refractivity contribution in [3.05, 3.63) is 42.1 Å². The number of aromatic hydroxyl groups is 1. The van der Waals surface area contributed by atoms with E-state index in [9.17, 15) is 5.11 Å². The van der Waals surface area contributed by atoms with Gasteiger partial charge in [0.05, 0.1) is 10.2 Å². The molecule has 0 atom stereocenters. The van der Waals surface area contributed by atoms with Gasteiger partial charge in [0.15, 0.2) is 0 Å². The Morgan fingerprint density at radius 2 is 2.00 bits per heavy atom. The Morgan fingerprint density at radius 3 is 2.50 bits per heavy atom. The second kappa shape index (κ2) is 8.57. The molecule has 1 nitrogen and oxygen atoms in total. The number of phenols is 1. The molecule has 0 spiro atoms. The van der Waals surface area contributed by atoms with Crippen LogP contribution in [0.2, 0.25) is 0 Å². The molecule has 75 valence electrons. The highest BCUT2D eigenvalue weighted by molar-refractivity contribution is 6.16. The van der Waals surface area contributed by atoms with Crippen molar-refractivity contribution in [2.75, 3.05) is 0 Å². The smallest absolute Gasteiger partial charge is 0.118 e. The SMILES string of the molecule is C=C[Si].CCCCc1ccccc1O. The maximum atomic E-state index is 9.34. The number of benzene rings is 1. The molecule has 0 saturated carbocycles. The molecule has 14 heavy (non-hydrogen) atoms. The lowest BCUT2D eigenvalue weighted by Gasteiger charge is -2.01. The first-order chi connectivity index (χ1) is 6.76. The molecular formula is C12H17OSi. The fourth-order valence-corrected chi connectivity index (χ4v) is 1.09. The average Bonchev–Trinajstić information content (AvgIpc) is 2.18. The van der Waals surface area contributed by atoms with Crippen molar-refractivity contribution in [2.24, 2.45) is 0 Å². The summed E-state index contributed by atoms with van der Waals surface area (Å²) in [7, 11) is 2.95. The lowest BCUT2D eigenvalue weighted by molar-refractivity contribution is 0.467. The van der Waals surface area contributed by atoms with Gasteiger partial charge in [0.25, 0.3) is 0 Å². The zero-order valence-corrected chi connectivity index (χ0v) is 9.66. The molecule has 1 N–H and O–H groups in total. The van der Waals surface area contributed by atoms with E-state index >= 15 is 0 Å². The van der Waals surface area contributed by atoms with Crippen LogP contribution in [0.25, 0.3) is 0 Å². The summed E-state index contributed by atoms with van der Waals surface area (Å²) in [5, 5.41) is 9.34. The van der Waals surface area contributed by atoms with Gasteiger partial charge in [0.2, 0.25) is 0 Å². The largest absolute Gasteiger partial charge is 0.508 e. The van der Waals surface area contributed by atoms with Crippen LogP contribution in [-0.2, 0) is 6.42 Å². The van der Waals surface area contributed by atoms with Crippen molar-refractivity contribution in [3.63, 3.8) is 0 Å². The number of unbranched alkanes of at least 4 members (excludes halogenated alkanes) is 1. The van der Waals surface area contributed by atoms with Crippen LogP contribution in [0.4, 0.5) is 0 Å². The van der Waals surface area contributed by atoms with Crippen LogP contribution in [0.5, 0.6) is 5.75 Å². The van der Waals surface area contributed by atoms with Crippen LogP contribution in [0.15, 0.2) is 36.5 Å². The van der Waals surface area contributed by atoms with Gasteiger partial charge in [-0.05, 0) is 24.5 Å². The van der Waals surface area contributed by atoms with Crippen LogP contribution in [-0.4, -0.2) is 15.3 Å². The maximum absolute atomic E-state index is 9.34. The minimum atomic E-state index is 0.431. The van der Waals surface area contributed by atoms with Gasteiger partial charge >= 0.3 is 0 Å². The molecule has 0 aliphatic heterocycles. The topological polar surface area (TPSA) is 20.2 Å². The Labute approximate surface area is 89.9 Å². The van der Waals surface area contributed by atoms with E-state index in [0.29, 0.717) is 5.75 Å². The van der Waals surface area contributed by atoms with Gasteiger partial charge in [-0.1, -0.05) is 31.5 Å². The van der Waals surface area contributed by atoms with Crippen molar-refractivity contribution >= 4 is 10.2 Å². The van der Waals surface area contributed by atoms with Crippen molar-refractivity contribution in [1.29, 1.82) is 0 Å². The predicted octanol–water partition coefficient (Wildman–Crippen LogP) is 3.03.